The van der Waals surface area contributed by atoms with Crippen LogP contribution in [0.15, 0.2) is 35.2 Å². The van der Waals surface area contributed by atoms with E-state index in [1.807, 2.05) is 61.6 Å². The summed E-state index contributed by atoms with van der Waals surface area (Å²) in [5, 5.41) is 0.664. The molecule has 4 heterocycles. The Hall–Kier alpha value is -2.65. The first-order chi connectivity index (χ1) is 15.7. The molecular weight excluding hydrogens is 456 g/mol. The van der Waals surface area contributed by atoms with Gasteiger partial charge in [-0.3, -0.25) is 9.10 Å². The standard InChI is InChI=1S/C24H28N4O3S2/c1-15-13-18-9-5-6-10-19(18)28(15)33(30,31)21-14-20(26(4)17(21)3)23-25-16(2)22(32-23)24(29)27-11-7-8-12-27/h5-6,9-10,14-15H,7-8,11-13H2,1-4H3. The zero-order valence-electron chi connectivity index (χ0n) is 19.3. The number of hydrogen-bond acceptors (Lipinski definition) is 5. The van der Waals surface area contributed by atoms with E-state index in [1.54, 1.807) is 10.4 Å². The molecule has 7 nitrogen and oxygen atoms in total. The number of aryl methyl sites for hydroxylation is 1. The summed E-state index contributed by atoms with van der Waals surface area (Å²) in [7, 11) is -1.91. The van der Waals surface area contributed by atoms with Crippen LogP contribution in [0.3, 0.4) is 0 Å². The van der Waals surface area contributed by atoms with Gasteiger partial charge in [0.25, 0.3) is 15.9 Å². The number of rotatable bonds is 4. The predicted molar refractivity (Wildman–Crippen MR) is 130 cm³/mol. The van der Waals surface area contributed by atoms with Gasteiger partial charge in [0, 0.05) is 31.9 Å². The fourth-order valence-electron chi connectivity index (χ4n) is 4.92. The van der Waals surface area contributed by atoms with Gasteiger partial charge in [-0.25, -0.2) is 13.4 Å². The zero-order chi connectivity index (χ0) is 23.5. The SMILES string of the molecule is Cc1nc(-c2cc(S(=O)(=O)N3c4ccccc4CC3C)c(C)n2C)sc1C(=O)N1CCCC1. The Morgan fingerprint density at radius 3 is 2.58 bits per heavy atom. The fraction of sp³-hybridized carbons (Fsp3) is 0.417. The lowest BCUT2D eigenvalue weighted by molar-refractivity contribution is 0.0796. The second-order valence-corrected chi connectivity index (χ2v) is 11.7. The average Bonchev–Trinajstić information content (AvgIpc) is 3.54. The van der Waals surface area contributed by atoms with Crippen molar-refractivity contribution in [3.05, 3.63) is 52.2 Å². The molecule has 2 aliphatic rings. The molecule has 9 heteroatoms. The Bertz CT molecular complexity index is 1350. The van der Waals surface area contributed by atoms with Crippen molar-refractivity contribution in [3.63, 3.8) is 0 Å². The fourth-order valence-corrected chi connectivity index (χ4v) is 7.97. The van der Waals surface area contributed by atoms with Crippen molar-refractivity contribution < 1.29 is 13.2 Å². The monoisotopic (exact) mass is 484 g/mol. The van der Waals surface area contributed by atoms with E-state index in [9.17, 15) is 13.2 Å². The molecule has 0 spiro atoms. The van der Waals surface area contributed by atoms with Gasteiger partial charge in [-0.2, -0.15) is 0 Å². The van der Waals surface area contributed by atoms with Crippen molar-refractivity contribution in [1.82, 2.24) is 14.5 Å². The summed E-state index contributed by atoms with van der Waals surface area (Å²) in [5.41, 5.74) is 3.85. The first kappa shape index (κ1) is 22.2. The Morgan fingerprint density at radius 2 is 1.85 bits per heavy atom. The van der Waals surface area contributed by atoms with Crippen molar-refractivity contribution in [1.29, 1.82) is 0 Å². The van der Waals surface area contributed by atoms with E-state index < -0.39 is 10.0 Å². The lowest BCUT2D eigenvalue weighted by Crippen LogP contribution is -2.35. The molecule has 0 aliphatic carbocycles. The molecule has 1 amide bonds. The Balaban J connectivity index is 1.54. The van der Waals surface area contributed by atoms with E-state index in [-0.39, 0.29) is 16.8 Å². The summed E-state index contributed by atoms with van der Waals surface area (Å²) >= 11 is 1.34. The number of carbonyl (C=O) groups excluding carboxylic acids is 1. The van der Waals surface area contributed by atoms with Crippen LogP contribution in [0, 0.1) is 13.8 Å². The number of nitrogens with zero attached hydrogens (tertiary/aromatic N) is 4. The molecule has 3 aromatic rings. The highest BCUT2D eigenvalue weighted by Gasteiger charge is 2.38. The van der Waals surface area contributed by atoms with Crippen molar-refractivity contribution in [2.75, 3.05) is 17.4 Å². The number of para-hydroxylation sites is 1. The third-order valence-corrected chi connectivity index (χ3v) is 9.99. The highest BCUT2D eigenvalue weighted by molar-refractivity contribution is 7.93. The summed E-state index contributed by atoms with van der Waals surface area (Å²) in [6.45, 7) is 7.18. The predicted octanol–water partition coefficient (Wildman–Crippen LogP) is 4.14. The molecule has 1 unspecified atom stereocenters. The van der Waals surface area contributed by atoms with Crippen molar-refractivity contribution in [2.45, 2.75) is 51.0 Å². The maximum Gasteiger partial charge on any atom is 0.266 e. The number of hydrogen-bond donors (Lipinski definition) is 0. The van der Waals surface area contributed by atoms with Gasteiger partial charge in [0.1, 0.15) is 14.8 Å². The summed E-state index contributed by atoms with van der Waals surface area (Å²) < 4.78 is 31.0. The van der Waals surface area contributed by atoms with Crippen molar-refractivity contribution >= 4 is 33.0 Å². The number of likely N-dealkylation sites (tertiary alicyclic amines) is 1. The number of fused-ring (bicyclic) bond motifs is 1. The molecule has 1 saturated heterocycles. The highest BCUT2D eigenvalue weighted by Crippen LogP contribution is 2.39. The number of thiazole rings is 1. The summed E-state index contributed by atoms with van der Waals surface area (Å²) in [6, 6.07) is 9.24. The normalized spacial score (nSPS) is 18.2. The molecule has 2 aliphatic heterocycles. The van der Waals surface area contributed by atoms with E-state index in [1.165, 1.54) is 11.3 Å². The topological polar surface area (TPSA) is 75.5 Å². The molecule has 0 bridgehead atoms. The smallest absolute Gasteiger partial charge is 0.266 e. The molecule has 33 heavy (non-hydrogen) atoms. The molecule has 5 rings (SSSR count). The Labute approximate surface area is 198 Å². The molecular formula is C24H28N4O3S2. The Kier molecular flexibility index (Phi) is 5.36. The van der Waals surface area contributed by atoms with Crippen LogP contribution in [0.4, 0.5) is 5.69 Å². The maximum absolute atomic E-state index is 13.8. The van der Waals surface area contributed by atoms with Crippen molar-refractivity contribution in [2.24, 2.45) is 7.05 Å². The van der Waals surface area contributed by atoms with Crippen molar-refractivity contribution in [3.8, 4) is 10.7 Å². The van der Waals surface area contributed by atoms with E-state index in [0.29, 0.717) is 33.4 Å². The van der Waals surface area contributed by atoms with Crippen LogP contribution in [0.5, 0.6) is 0 Å². The number of anilines is 1. The molecule has 0 radical (unpaired) electrons. The summed E-state index contributed by atoms with van der Waals surface area (Å²) in [5.74, 6) is 0.0232. The van der Waals surface area contributed by atoms with Gasteiger partial charge in [0.05, 0.1) is 17.1 Å². The quantitative estimate of drug-likeness (QED) is 0.558. The van der Waals surface area contributed by atoms with Gasteiger partial charge < -0.3 is 9.47 Å². The van der Waals surface area contributed by atoms with Crippen LogP contribution in [-0.4, -0.2) is 47.9 Å². The summed E-state index contributed by atoms with van der Waals surface area (Å²) in [6.07, 6.45) is 2.77. The first-order valence-corrected chi connectivity index (χ1v) is 13.5. The Morgan fingerprint density at radius 1 is 1.15 bits per heavy atom. The molecule has 0 saturated carbocycles. The van der Waals surface area contributed by atoms with Crippen LogP contribution >= 0.6 is 11.3 Å². The van der Waals surface area contributed by atoms with Crippen LogP contribution in [0.2, 0.25) is 0 Å². The third kappa shape index (κ3) is 3.49. The minimum Gasteiger partial charge on any atom is -0.345 e. The van der Waals surface area contributed by atoms with Crippen LogP contribution in [-0.2, 0) is 23.5 Å². The van der Waals surface area contributed by atoms with Crippen LogP contribution < -0.4 is 4.31 Å². The minimum atomic E-state index is -3.76. The van der Waals surface area contributed by atoms with E-state index in [0.717, 1.165) is 37.2 Å². The molecule has 1 aromatic carbocycles. The van der Waals surface area contributed by atoms with Gasteiger partial charge >= 0.3 is 0 Å². The lowest BCUT2D eigenvalue weighted by atomic mass is 10.1. The molecule has 0 N–H and O–H groups in total. The largest absolute Gasteiger partial charge is 0.345 e. The maximum atomic E-state index is 13.8. The minimum absolute atomic E-state index is 0.0232. The average molecular weight is 485 g/mol. The number of aromatic nitrogens is 2. The second kappa shape index (κ2) is 7.99. The van der Waals surface area contributed by atoms with E-state index in [4.69, 9.17) is 0 Å². The molecule has 1 fully saturated rings. The van der Waals surface area contributed by atoms with Crippen LogP contribution in [0.1, 0.15) is 46.4 Å². The number of carbonyl (C=O) groups is 1. The zero-order valence-corrected chi connectivity index (χ0v) is 21.0. The molecule has 174 valence electrons. The number of sulfonamides is 1. The van der Waals surface area contributed by atoms with Gasteiger partial charge in [-0.1, -0.05) is 18.2 Å². The number of benzene rings is 1. The van der Waals surface area contributed by atoms with Gasteiger partial charge in [0.2, 0.25) is 0 Å². The van der Waals surface area contributed by atoms with Gasteiger partial charge in [-0.15, -0.1) is 11.3 Å². The summed E-state index contributed by atoms with van der Waals surface area (Å²) in [4.78, 5) is 20.4. The first-order valence-electron chi connectivity index (χ1n) is 11.3. The van der Waals surface area contributed by atoms with Gasteiger partial charge in [-0.05, 0) is 57.7 Å². The molecule has 2 aromatic heterocycles. The third-order valence-electron chi connectivity index (χ3n) is 6.77. The number of amides is 1. The van der Waals surface area contributed by atoms with Crippen LogP contribution in [0.25, 0.3) is 10.7 Å². The second-order valence-electron chi connectivity index (χ2n) is 8.95. The van der Waals surface area contributed by atoms with E-state index in [2.05, 4.69) is 4.98 Å². The van der Waals surface area contributed by atoms with E-state index >= 15 is 0 Å². The lowest BCUT2D eigenvalue weighted by Gasteiger charge is -2.24. The molecule has 1 atom stereocenters. The van der Waals surface area contributed by atoms with Gasteiger partial charge in [0.15, 0.2) is 0 Å². The highest BCUT2D eigenvalue weighted by atomic mass is 32.2.